The van der Waals surface area contributed by atoms with Crippen molar-refractivity contribution in [3.05, 3.63) is 59.2 Å². The van der Waals surface area contributed by atoms with Crippen molar-refractivity contribution >= 4 is 11.3 Å². The summed E-state index contributed by atoms with van der Waals surface area (Å²) in [4.78, 5) is 8.84. The monoisotopic (exact) mass is 337 g/mol. The van der Waals surface area contributed by atoms with Gasteiger partial charge in [-0.25, -0.2) is 4.98 Å². The first kappa shape index (κ1) is 16.0. The molecule has 0 saturated heterocycles. The first-order valence-electron chi connectivity index (χ1n) is 7.45. The molecule has 5 nitrogen and oxygen atoms in total. The number of ether oxygens (including phenoxy) is 2. The van der Waals surface area contributed by atoms with Gasteiger partial charge in [0.25, 0.3) is 0 Å². The molecule has 2 heterocycles. The number of pyridine rings is 1. The third-order valence-corrected chi connectivity index (χ3v) is 4.10. The maximum absolute atomic E-state index is 8.98. The fourth-order valence-corrected chi connectivity index (χ4v) is 2.88. The van der Waals surface area contributed by atoms with Crippen LogP contribution in [0.15, 0.2) is 48.0 Å². The number of rotatable bonds is 6. The molecule has 3 rings (SSSR count). The van der Waals surface area contributed by atoms with Gasteiger partial charge in [-0.05, 0) is 31.2 Å². The van der Waals surface area contributed by atoms with Crippen LogP contribution in [0, 0.1) is 11.3 Å². The molecule has 0 saturated carbocycles. The van der Waals surface area contributed by atoms with Gasteiger partial charge in [0, 0.05) is 17.6 Å². The summed E-state index contributed by atoms with van der Waals surface area (Å²) in [6, 6.07) is 13.0. The number of hydrogen-bond donors (Lipinski definition) is 0. The second-order valence-electron chi connectivity index (χ2n) is 4.85. The van der Waals surface area contributed by atoms with Gasteiger partial charge in [0.05, 0.1) is 29.6 Å². The maximum atomic E-state index is 8.98. The Balaban J connectivity index is 1.72. The van der Waals surface area contributed by atoms with Crippen molar-refractivity contribution in [2.75, 3.05) is 6.61 Å². The average Bonchev–Trinajstić information content (AvgIpc) is 3.10. The Morgan fingerprint density at radius 2 is 2.08 bits per heavy atom. The van der Waals surface area contributed by atoms with Crippen LogP contribution in [0.4, 0.5) is 0 Å². The second-order valence-corrected chi connectivity index (χ2v) is 5.71. The van der Waals surface area contributed by atoms with Crippen molar-refractivity contribution in [2.45, 2.75) is 13.5 Å². The summed E-state index contributed by atoms with van der Waals surface area (Å²) in [6.07, 6.45) is 1.75. The molecule has 3 aromatic rings. The summed E-state index contributed by atoms with van der Waals surface area (Å²) in [7, 11) is 0. The summed E-state index contributed by atoms with van der Waals surface area (Å²) < 4.78 is 11.4. The van der Waals surface area contributed by atoms with E-state index in [-0.39, 0.29) is 0 Å². The third kappa shape index (κ3) is 3.70. The van der Waals surface area contributed by atoms with Crippen molar-refractivity contribution in [1.82, 2.24) is 9.97 Å². The summed E-state index contributed by atoms with van der Waals surface area (Å²) in [5.41, 5.74) is 2.21. The fourth-order valence-electron chi connectivity index (χ4n) is 2.10. The number of hydrogen-bond acceptors (Lipinski definition) is 6. The lowest BCUT2D eigenvalue weighted by Gasteiger charge is -2.11. The first-order valence-corrected chi connectivity index (χ1v) is 8.33. The molecule has 0 amide bonds. The minimum absolute atomic E-state index is 0.329. The van der Waals surface area contributed by atoms with Crippen molar-refractivity contribution in [3.63, 3.8) is 0 Å². The van der Waals surface area contributed by atoms with Crippen molar-refractivity contribution in [2.24, 2.45) is 0 Å². The second kappa shape index (κ2) is 7.57. The van der Waals surface area contributed by atoms with E-state index in [1.165, 1.54) is 11.3 Å². The molecule has 0 unspecified atom stereocenters. The normalized spacial score (nSPS) is 10.2. The molecule has 24 heavy (non-hydrogen) atoms. The topological polar surface area (TPSA) is 68.0 Å². The van der Waals surface area contributed by atoms with Gasteiger partial charge in [0.1, 0.15) is 11.6 Å². The summed E-state index contributed by atoms with van der Waals surface area (Å²) in [5, 5.41) is 11.8. The van der Waals surface area contributed by atoms with Gasteiger partial charge in [-0.1, -0.05) is 6.07 Å². The quantitative estimate of drug-likeness (QED) is 0.678. The van der Waals surface area contributed by atoms with Gasteiger partial charge in [-0.3, -0.25) is 4.98 Å². The highest BCUT2D eigenvalue weighted by atomic mass is 32.1. The van der Waals surface area contributed by atoms with E-state index in [4.69, 9.17) is 14.7 Å². The smallest absolute Gasteiger partial charge is 0.162 e. The molecule has 0 aliphatic carbocycles. The van der Waals surface area contributed by atoms with E-state index in [0.717, 1.165) is 16.4 Å². The zero-order chi connectivity index (χ0) is 16.8. The standard InChI is InChI=1S/C18H15N3O2S/c1-2-22-17-9-13(10-19)6-7-16(17)23-11-14-12-24-18(21-14)15-5-3-4-8-20-15/h3-9,12H,2,11H2,1H3. The number of thiazole rings is 1. The lowest BCUT2D eigenvalue weighted by atomic mass is 10.2. The van der Waals surface area contributed by atoms with Crippen LogP contribution in [-0.4, -0.2) is 16.6 Å². The average molecular weight is 337 g/mol. The van der Waals surface area contributed by atoms with Crippen LogP contribution in [0.1, 0.15) is 18.2 Å². The highest BCUT2D eigenvalue weighted by Crippen LogP contribution is 2.29. The van der Waals surface area contributed by atoms with Gasteiger partial charge in [0.15, 0.2) is 11.5 Å². The molecule has 6 heteroatoms. The lowest BCUT2D eigenvalue weighted by Crippen LogP contribution is -2.00. The highest BCUT2D eigenvalue weighted by molar-refractivity contribution is 7.13. The van der Waals surface area contributed by atoms with Gasteiger partial charge in [-0.2, -0.15) is 5.26 Å². The van der Waals surface area contributed by atoms with Crippen molar-refractivity contribution in [3.8, 4) is 28.3 Å². The van der Waals surface area contributed by atoms with E-state index in [1.54, 1.807) is 24.4 Å². The Kier molecular flexibility index (Phi) is 5.04. The van der Waals surface area contributed by atoms with Gasteiger partial charge in [0.2, 0.25) is 0 Å². The van der Waals surface area contributed by atoms with Crippen LogP contribution in [0.3, 0.4) is 0 Å². The van der Waals surface area contributed by atoms with Crippen LogP contribution in [0.2, 0.25) is 0 Å². The zero-order valence-electron chi connectivity index (χ0n) is 13.1. The number of nitrogens with zero attached hydrogens (tertiary/aromatic N) is 3. The molecule has 0 aliphatic rings. The molecule has 0 fully saturated rings. The van der Waals surface area contributed by atoms with Crippen LogP contribution in [0.25, 0.3) is 10.7 Å². The number of aromatic nitrogens is 2. The van der Waals surface area contributed by atoms with E-state index >= 15 is 0 Å². The molecule has 0 spiro atoms. The molecule has 0 atom stereocenters. The Hall–Kier alpha value is -2.91. The van der Waals surface area contributed by atoms with E-state index in [1.807, 2.05) is 30.5 Å². The van der Waals surface area contributed by atoms with Crippen molar-refractivity contribution < 1.29 is 9.47 Å². The molecular formula is C18H15N3O2S. The third-order valence-electron chi connectivity index (χ3n) is 3.18. The van der Waals surface area contributed by atoms with Gasteiger partial charge in [-0.15, -0.1) is 11.3 Å². The molecule has 120 valence electrons. The molecule has 2 aromatic heterocycles. The predicted molar refractivity (Wildman–Crippen MR) is 92.0 cm³/mol. The molecule has 0 N–H and O–H groups in total. The van der Waals surface area contributed by atoms with E-state index in [2.05, 4.69) is 16.0 Å². The largest absolute Gasteiger partial charge is 0.490 e. The Bertz CT molecular complexity index is 856. The van der Waals surface area contributed by atoms with Crippen molar-refractivity contribution in [1.29, 1.82) is 5.26 Å². The number of benzene rings is 1. The fraction of sp³-hybridized carbons (Fsp3) is 0.167. The number of nitriles is 1. The summed E-state index contributed by atoms with van der Waals surface area (Å²) in [5.74, 6) is 1.17. The molecule has 0 radical (unpaired) electrons. The van der Waals surface area contributed by atoms with Gasteiger partial charge >= 0.3 is 0 Å². The van der Waals surface area contributed by atoms with E-state index in [9.17, 15) is 0 Å². The Morgan fingerprint density at radius 1 is 1.17 bits per heavy atom. The predicted octanol–water partition coefficient (Wildman–Crippen LogP) is 4.05. The van der Waals surface area contributed by atoms with Crippen LogP contribution in [-0.2, 0) is 6.61 Å². The van der Waals surface area contributed by atoms with Crippen LogP contribution in [0.5, 0.6) is 11.5 Å². The van der Waals surface area contributed by atoms with Crippen LogP contribution >= 0.6 is 11.3 Å². The van der Waals surface area contributed by atoms with E-state index < -0.39 is 0 Å². The molecule has 1 aromatic carbocycles. The molecule has 0 bridgehead atoms. The maximum Gasteiger partial charge on any atom is 0.162 e. The first-order chi connectivity index (χ1) is 11.8. The van der Waals surface area contributed by atoms with Gasteiger partial charge < -0.3 is 9.47 Å². The lowest BCUT2D eigenvalue weighted by molar-refractivity contribution is 0.267. The Labute approximate surface area is 144 Å². The summed E-state index contributed by atoms with van der Waals surface area (Å²) >= 11 is 1.53. The summed E-state index contributed by atoms with van der Waals surface area (Å²) in [6.45, 7) is 2.73. The van der Waals surface area contributed by atoms with E-state index in [0.29, 0.717) is 30.3 Å². The molecular weight excluding hydrogens is 322 g/mol. The Morgan fingerprint density at radius 3 is 2.83 bits per heavy atom. The zero-order valence-corrected chi connectivity index (χ0v) is 13.9. The minimum Gasteiger partial charge on any atom is -0.490 e. The SMILES string of the molecule is CCOc1cc(C#N)ccc1OCc1csc(-c2ccccn2)n1. The van der Waals surface area contributed by atoms with Crippen LogP contribution < -0.4 is 9.47 Å². The minimum atomic E-state index is 0.329. The highest BCUT2D eigenvalue weighted by Gasteiger charge is 2.09. The molecule has 0 aliphatic heterocycles.